The van der Waals surface area contributed by atoms with Crippen molar-refractivity contribution in [1.29, 1.82) is 0 Å². The Hall–Kier alpha value is -1.49. The molecular weight excluding hydrogens is 308 g/mol. The topological polar surface area (TPSA) is 63.1 Å². The van der Waals surface area contributed by atoms with E-state index in [1.807, 2.05) is 12.1 Å². The minimum atomic E-state index is -1.02. The van der Waals surface area contributed by atoms with Crippen LogP contribution >= 0.6 is 15.9 Å². The van der Waals surface area contributed by atoms with Gasteiger partial charge < -0.3 is 5.11 Å². The van der Waals surface area contributed by atoms with Gasteiger partial charge in [0.2, 0.25) is 0 Å². The fraction of sp³-hybridized carbons (Fsp3) is 0.357. The van der Waals surface area contributed by atoms with Crippen LogP contribution in [0, 0.1) is 5.92 Å². The number of carbonyl (C=O) groups is 1. The molecule has 0 bridgehead atoms. The number of hydrogen-bond donors (Lipinski definition) is 1. The lowest BCUT2D eigenvalue weighted by Gasteiger charge is -2.07. The summed E-state index contributed by atoms with van der Waals surface area (Å²) in [7, 11) is 0. The third-order valence-electron chi connectivity index (χ3n) is 2.85. The summed E-state index contributed by atoms with van der Waals surface area (Å²) < 4.78 is 0.820. The molecule has 5 heteroatoms. The molecule has 2 aromatic rings. The van der Waals surface area contributed by atoms with E-state index in [9.17, 15) is 9.90 Å². The standard InChI is InChI=1S/C14H15BrN2O2/c1-8(2)3-6-12-16-11-5-4-9(15)7-10(11)13(17-12)14(18)19/h4-5,7-8H,3,6H2,1-2H3,(H,18,19). The third-order valence-corrected chi connectivity index (χ3v) is 3.35. The summed E-state index contributed by atoms with van der Waals surface area (Å²) >= 11 is 3.34. The molecule has 1 heterocycles. The second-order valence-electron chi connectivity index (χ2n) is 4.89. The molecule has 0 amide bonds. The van der Waals surface area contributed by atoms with Crippen LogP contribution in [-0.2, 0) is 6.42 Å². The number of rotatable bonds is 4. The van der Waals surface area contributed by atoms with E-state index >= 15 is 0 Å². The summed E-state index contributed by atoms with van der Waals surface area (Å²) in [6, 6.07) is 5.41. The van der Waals surface area contributed by atoms with E-state index < -0.39 is 5.97 Å². The van der Waals surface area contributed by atoms with Gasteiger partial charge in [-0.2, -0.15) is 0 Å². The second kappa shape index (κ2) is 5.65. The maximum atomic E-state index is 11.3. The highest BCUT2D eigenvalue weighted by molar-refractivity contribution is 9.10. The molecule has 0 atom stereocenters. The molecule has 1 aromatic heterocycles. The Morgan fingerprint density at radius 2 is 2.11 bits per heavy atom. The number of fused-ring (bicyclic) bond motifs is 1. The first-order valence-corrected chi connectivity index (χ1v) is 6.96. The van der Waals surface area contributed by atoms with Gasteiger partial charge in [0.25, 0.3) is 0 Å². The van der Waals surface area contributed by atoms with Crippen LogP contribution in [0.1, 0.15) is 36.6 Å². The molecule has 0 radical (unpaired) electrons. The van der Waals surface area contributed by atoms with Crippen molar-refractivity contribution in [2.45, 2.75) is 26.7 Å². The van der Waals surface area contributed by atoms with Gasteiger partial charge in [0, 0.05) is 16.3 Å². The Morgan fingerprint density at radius 1 is 1.37 bits per heavy atom. The normalized spacial score (nSPS) is 11.2. The molecule has 1 aromatic carbocycles. The number of aromatic nitrogens is 2. The quantitative estimate of drug-likeness (QED) is 0.932. The fourth-order valence-corrected chi connectivity index (χ4v) is 2.20. The molecule has 1 N–H and O–H groups in total. The van der Waals surface area contributed by atoms with Crippen LogP contribution in [0.2, 0.25) is 0 Å². The molecule has 0 aliphatic rings. The Labute approximate surface area is 120 Å². The summed E-state index contributed by atoms with van der Waals surface area (Å²) in [6.45, 7) is 4.24. The summed E-state index contributed by atoms with van der Waals surface area (Å²) in [4.78, 5) is 19.9. The summed E-state index contributed by atoms with van der Waals surface area (Å²) in [5, 5.41) is 9.83. The van der Waals surface area contributed by atoms with E-state index in [0.29, 0.717) is 29.1 Å². The van der Waals surface area contributed by atoms with Crippen molar-refractivity contribution in [3.05, 3.63) is 34.2 Å². The zero-order valence-electron chi connectivity index (χ0n) is 10.9. The van der Waals surface area contributed by atoms with E-state index in [1.54, 1.807) is 6.07 Å². The van der Waals surface area contributed by atoms with Crippen LogP contribution in [0.4, 0.5) is 0 Å². The van der Waals surface area contributed by atoms with Crippen LogP contribution in [0.15, 0.2) is 22.7 Å². The van der Waals surface area contributed by atoms with Crippen molar-refractivity contribution >= 4 is 32.8 Å². The van der Waals surface area contributed by atoms with Gasteiger partial charge in [-0.05, 0) is 30.5 Å². The van der Waals surface area contributed by atoms with E-state index in [1.165, 1.54) is 0 Å². The molecule has 100 valence electrons. The summed E-state index contributed by atoms with van der Waals surface area (Å²) in [5.41, 5.74) is 0.749. The summed E-state index contributed by atoms with van der Waals surface area (Å²) in [6.07, 6.45) is 1.64. The van der Waals surface area contributed by atoms with Gasteiger partial charge >= 0.3 is 5.97 Å². The Balaban J connectivity index is 2.52. The predicted molar refractivity (Wildman–Crippen MR) is 77.4 cm³/mol. The van der Waals surface area contributed by atoms with Gasteiger partial charge in [-0.1, -0.05) is 29.8 Å². The Bertz CT molecular complexity index is 626. The first-order chi connectivity index (χ1) is 8.97. The zero-order valence-corrected chi connectivity index (χ0v) is 12.4. The van der Waals surface area contributed by atoms with Gasteiger partial charge in [0.05, 0.1) is 5.52 Å². The second-order valence-corrected chi connectivity index (χ2v) is 5.80. The highest BCUT2D eigenvalue weighted by Crippen LogP contribution is 2.21. The van der Waals surface area contributed by atoms with Crippen LogP contribution in [0.25, 0.3) is 10.9 Å². The molecule has 0 saturated carbocycles. The fourth-order valence-electron chi connectivity index (χ4n) is 1.84. The maximum Gasteiger partial charge on any atom is 0.355 e. The lowest BCUT2D eigenvalue weighted by atomic mass is 10.1. The minimum Gasteiger partial charge on any atom is -0.476 e. The lowest BCUT2D eigenvalue weighted by Crippen LogP contribution is -2.07. The van der Waals surface area contributed by atoms with Gasteiger partial charge in [0.1, 0.15) is 5.82 Å². The van der Waals surface area contributed by atoms with Crippen LogP contribution in [0.3, 0.4) is 0 Å². The van der Waals surface area contributed by atoms with Gasteiger partial charge in [-0.25, -0.2) is 14.8 Å². The smallest absolute Gasteiger partial charge is 0.355 e. The van der Waals surface area contributed by atoms with E-state index in [0.717, 1.165) is 10.9 Å². The first kappa shape index (κ1) is 13.9. The SMILES string of the molecule is CC(C)CCc1nc(C(=O)O)c2cc(Br)ccc2n1. The maximum absolute atomic E-state index is 11.3. The molecule has 0 saturated heterocycles. The zero-order chi connectivity index (χ0) is 14.0. The molecule has 0 unspecified atom stereocenters. The number of benzene rings is 1. The van der Waals surface area contributed by atoms with Crippen molar-refractivity contribution < 1.29 is 9.90 Å². The van der Waals surface area contributed by atoms with Gasteiger partial charge in [-0.3, -0.25) is 0 Å². The molecular formula is C14H15BrN2O2. The van der Waals surface area contributed by atoms with E-state index in [4.69, 9.17) is 0 Å². The van der Waals surface area contributed by atoms with E-state index in [2.05, 4.69) is 39.7 Å². The number of nitrogens with zero attached hydrogens (tertiary/aromatic N) is 2. The number of aryl methyl sites for hydroxylation is 1. The van der Waals surface area contributed by atoms with Crippen molar-refractivity contribution in [1.82, 2.24) is 9.97 Å². The van der Waals surface area contributed by atoms with Gasteiger partial charge in [0.15, 0.2) is 5.69 Å². The largest absolute Gasteiger partial charge is 0.476 e. The Kier molecular flexibility index (Phi) is 4.14. The van der Waals surface area contributed by atoms with Crippen LogP contribution in [0.5, 0.6) is 0 Å². The number of halogens is 1. The molecule has 19 heavy (non-hydrogen) atoms. The molecule has 0 spiro atoms. The molecule has 0 fully saturated rings. The molecule has 2 rings (SSSR count). The van der Waals surface area contributed by atoms with Crippen LogP contribution < -0.4 is 0 Å². The van der Waals surface area contributed by atoms with E-state index in [-0.39, 0.29) is 5.69 Å². The molecule has 0 aliphatic carbocycles. The average molecular weight is 323 g/mol. The van der Waals surface area contributed by atoms with Crippen molar-refractivity contribution in [3.63, 3.8) is 0 Å². The number of carboxylic acid groups (broad SMARTS) is 1. The highest BCUT2D eigenvalue weighted by atomic mass is 79.9. The van der Waals surface area contributed by atoms with Crippen molar-refractivity contribution in [3.8, 4) is 0 Å². The van der Waals surface area contributed by atoms with Crippen molar-refractivity contribution in [2.24, 2.45) is 5.92 Å². The number of carboxylic acids is 1. The van der Waals surface area contributed by atoms with Crippen LogP contribution in [-0.4, -0.2) is 21.0 Å². The summed E-state index contributed by atoms with van der Waals surface area (Å²) in [5.74, 6) is 0.120. The van der Waals surface area contributed by atoms with Crippen molar-refractivity contribution in [2.75, 3.05) is 0 Å². The lowest BCUT2D eigenvalue weighted by molar-refractivity contribution is 0.0692. The number of hydrogen-bond acceptors (Lipinski definition) is 3. The molecule has 0 aliphatic heterocycles. The monoisotopic (exact) mass is 322 g/mol. The highest BCUT2D eigenvalue weighted by Gasteiger charge is 2.14. The Morgan fingerprint density at radius 3 is 2.74 bits per heavy atom. The molecule has 4 nitrogen and oxygen atoms in total. The number of aromatic carboxylic acids is 1. The van der Waals surface area contributed by atoms with Gasteiger partial charge in [-0.15, -0.1) is 0 Å². The average Bonchev–Trinajstić information content (AvgIpc) is 2.35. The third kappa shape index (κ3) is 3.29. The first-order valence-electron chi connectivity index (χ1n) is 6.17. The minimum absolute atomic E-state index is 0.0741. The predicted octanol–water partition coefficient (Wildman–Crippen LogP) is 3.68.